The van der Waals surface area contributed by atoms with Gasteiger partial charge < -0.3 is 9.29 Å². The molecule has 7 aromatic carbocycles. The molecule has 216 valence electrons. The van der Waals surface area contributed by atoms with Crippen LogP contribution >= 0.6 is 0 Å². The molecule has 0 fully saturated rings. The van der Waals surface area contributed by atoms with E-state index in [9.17, 15) is 13.5 Å². The highest BCUT2D eigenvalue weighted by Gasteiger charge is 2.26. The zero-order valence-corrected chi connectivity index (χ0v) is 25.1. The van der Waals surface area contributed by atoms with E-state index in [0.717, 1.165) is 43.8 Å². The van der Waals surface area contributed by atoms with E-state index >= 15 is 0 Å². The number of hydrogen-bond acceptors (Lipinski definition) is 4. The van der Waals surface area contributed by atoms with Crippen molar-refractivity contribution in [2.75, 3.05) is 0 Å². The monoisotopic (exact) mass is 593 g/mol. The van der Waals surface area contributed by atoms with Gasteiger partial charge in [-0.1, -0.05) is 135 Å². The van der Waals surface area contributed by atoms with E-state index in [0.29, 0.717) is 0 Å². The average Bonchev–Trinajstić information content (AvgIpc) is 3.03. The van der Waals surface area contributed by atoms with Gasteiger partial charge in [0.05, 0.1) is 0 Å². The Kier molecular flexibility index (Phi) is 6.73. The van der Waals surface area contributed by atoms with E-state index in [2.05, 4.69) is 60.7 Å². The molecule has 0 radical (unpaired) electrons. The largest absolute Gasteiger partial charge is 0.846 e. The van der Waals surface area contributed by atoms with Gasteiger partial charge in [0, 0.05) is 0 Å². The predicted molar refractivity (Wildman–Crippen MR) is 177 cm³/mol. The van der Waals surface area contributed by atoms with Crippen molar-refractivity contribution in [3.8, 4) is 28.0 Å². The minimum absolute atomic E-state index is 0.133. The second-order valence-electron chi connectivity index (χ2n) is 11.5. The summed E-state index contributed by atoms with van der Waals surface area (Å²) in [6, 6.07) is 44.7. The Hall–Kier alpha value is -4.97. The summed E-state index contributed by atoms with van der Waals surface area (Å²) >= 11 is 0. The number of fused-ring (bicyclic) bond motifs is 3. The third kappa shape index (κ3) is 4.90. The zero-order chi connectivity index (χ0) is 30.5. The number of hydrogen-bond donors (Lipinski definition) is 0. The maximum absolute atomic E-state index is 13.6. The van der Waals surface area contributed by atoms with Crippen LogP contribution in [0.3, 0.4) is 0 Å². The first-order chi connectivity index (χ1) is 21.2. The fraction of sp³-hybridized carbons (Fsp3) is 0.0769. The van der Waals surface area contributed by atoms with E-state index in [4.69, 9.17) is 4.18 Å². The fourth-order valence-electron chi connectivity index (χ4n) is 6.12. The van der Waals surface area contributed by atoms with E-state index < -0.39 is 15.7 Å². The molecule has 0 N–H and O–H groups in total. The van der Waals surface area contributed by atoms with Gasteiger partial charge in [-0.2, -0.15) is 8.42 Å². The lowest BCUT2D eigenvalue weighted by molar-refractivity contribution is -0.475. The van der Waals surface area contributed by atoms with Crippen molar-refractivity contribution >= 4 is 42.4 Å². The van der Waals surface area contributed by atoms with Crippen LogP contribution in [0.2, 0.25) is 0 Å². The molecule has 0 unspecified atom stereocenters. The van der Waals surface area contributed by atoms with Crippen molar-refractivity contribution in [3.63, 3.8) is 0 Å². The molecule has 7 aromatic rings. The second-order valence-corrected chi connectivity index (χ2v) is 13.0. The predicted octanol–water partition coefficient (Wildman–Crippen LogP) is 8.84. The Labute approximate surface area is 256 Å². The van der Waals surface area contributed by atoms with E-state index in [1.807, 2.05) is 30.3 Å². The molecule has 5 heteroatoms. The highest BCUT2D eigenvalue weighted by Crippen LogP contribution is 2.45. The van der Waals surface area contributed by atoms with Crippen molar-refractivity contribution in [1.82, 2.24) is 0 Å². The van der Waals surface area contributed by atoms with Crippen LogP contribution in [-0.4, -0.2) is 8.42 Å². The smallest absolute Gasteiger partial charge is 0.339 e. The first-order valence-electron chi connectivity index (χ1n) is 14.5. The van der Waals surface area contributed by atoms with Crippen LogP contribution in [0.1, 0.15) is 19.4 Å². The van der Waals surface area contributed by atoms with Gasteiger partial charge in [0.25, 0.3) is 0 Å². The average molecular weight is 594 g/mol. The van der Waals surface area contributed by atoms with Crippen molar-refractivity contribution in [2.24, 2.45) is 0 Å². The number of benzene rings is 7. The Balaban J connectivity index is 1.48. The van der Waals surface area contributed by atoms with Gasteiger partial charge in [0.1, 0.15) is 10.6 Å². The third-order valence-electron chi connectivity index (χ3n) is 8.10. The van der Waals surface area contributed by atoms with Gasteiger partial charge in [0.15, 0.2) is 0 Å². The molecule has 0 saturated carbocycles. The minimum atomic E-state index is -4.27. The highest BCUT2D eigenvalue weighted by molar-refractivity contribution is 7.87. The molecular formula is C39H29O4S-. The first kappa shape index (κ1) is 27.8. The van der Waals surface area contributed by atoms with Crippen LogP contribution < -0.4 is 9.29 Å². The van der Waals surface area contributed by atoms with E-state index in [-0.39, 0.29) is 16.2 Å². The molecule has 0 aliphatic carbocycles. The summed E-state index contributed by atoms with van der Waals surface area (Å²) in [6.45, 7) is 2.96. The summed E-state index contributed by atoms with van der Waals surface area (Å²) in [5.74, 6) is 0.187. The number of para-hydroxylation sites is 1. The van der Waals surface area contributed by atoms with Gasteiger partial charge in [-0.25, -0.2) is 0 Å². The van der Waals surface area contributed by atoms with Crippen LogP contribution in [0.4, 0.5) is 0 Å². The highest BCUT2D eigenvalue weighted by atomic mass is 32.2. The Morgan fingerprint density at radius 3 is 1.59 bits per heavy atom. The molecule has 0 bridgehead atoms. The van der Waals surface area contributed by atoms with Gasteiger partial charge in [0.2, 0.25) is 0 Å². The SMILES string of the molecule is CC(C)([O-])c1cc(-c2c3ccccc3c(-c3ccc4ccccc4c3)c3ccccc23)ccc1S(=O)(=O)Oc1ccccc1. The maximum Gasteiger partial charge on any atom is 0.339 e. The van der Waals surface area contributed by atoms with E-state index in [1.54, 1.807) is 42.5 Å². The van der Waals surface area contributed by atoms with Crippen molar-refractivity contribution < 1.29 is 17.7 Å². The first-order valence-corrected chi connectivity index (χ1v) is 15.9. The molecule has 0 amide bonds. The summed E-state index contributed by atoms with van der Waals surface area (Å²) in [5, 5.41) is 20.1. The Morgan fingerprint density at radius 2 is 1.02 bits per heavy atom. The lowest BCUT2D eigenvalue weighted by Crippen LogP contribution is -2.35. The van der Waals surface area contributed by atoms with Gasteiger partial charge in [-0.15, -0.1) is 0 Å². The second kappa shape index (κ2) is 10.6. The molecule has 0 atom stereocenters. The van der Waals surface area contributed by atoms with E-state index in [1.165, 1.54) is 30.7 Å². The molecule has 0 spiro atoms. The van der Waals surface area contributed by atoms with Gasteiger partial charge in [-0.05, 0) is 84.4 Å². The topological polar surface area (TPSA) is 66.4 Å². The molecule has 0 aliphatic rings. The van der Waals surface area contributed by atoms with Crippen LogP contribution in [0, 0.1) is 0 Å². The molecule has 0 heterocycles. The molecular weight excluding hydrogens is 564 g/mol. The van der Waals surface area contributed by atoms with Crippen molar-refractivity contribution in [1.29, 1.82) is 0 Å². The van der Waals surface area contributed by atoms with Crippen LogP contribution in [0.25, 0.3) is 54.6 Å². The normalized spacial score (nSPS) is 12.2. The third-order valence-corrected chi connectivity index (χ3v) is 9.41. The van der Waals surface area contributed by atoms with Gasteiger partial charge >= 0.3 is 10.1 Å². The molecule has 0 saturated heterocycles. The Morgan fingerprint density at radius 1 is 0.545 bits per heavy atom. The summed E-state index contributed by atoms with van der Waals surface area (Å²) in [5.41, 5.74) is 2.39. The van der Waals surface area contributed by atoms with Crippen molar-refractivity contribution in [3.05, 3.63) is 145 Å². The lowest BCUT2D eigenvalue weighted by atomic mass is 9.84. The van der Waals surface area contributed by atoms with Gasteiger partial charge in [-0.3, -0.25) is 0 Å². The quantitative estimate of drug-likeness (QED) is 0.143. The molecule has 0 aliphatic heterocycles. The lowest BCUT2D eigenvalue weighted by Gasteiger charge is -2.34. The fourth-order valence-corrected chi connectivity index (χ4v) is 7.38. The standard InChI is InChI=1S/C39H29O4S/c1-39(2,40)35-25-29(22-23-36(35)44(41,42)43-30-14-4-3-5-15-30)38-33-18-10-8-16-31(33)37(32-17-9-11-19-34(32)38)28-21-20-26-12-6-7-13-27(26)24-28/h3-25H,1-2H3/q-1. The maximum atomic E-state index is 13.6. The van der Waals surface area contributed by atoms with Crippen LogP contribution in [0.15, 0.2) is 144 Å². The number of rotatable bonds is 6. The summed E-state index contributed by atoms with van der Waals surface area (Å²) in [6.07, 6.45) is 0. The Bertz CT molecular complexity index is 2240. The molecule has 44 heavy (non-hydrogen) atoms. The van der Waals surface area contributed by atoms with Crippen molar-refractivity contribution in [2.45, 2.75) is 24.3 Å². The summed E-state index contributed by atoms with van der Waals surface area (Å²) in [4.78, 5) is -0.133. The molecule has 7 rings (SSSR count). The van der Waals surface area contributed by atoms with Crippen LogP contribution in [0.5, 0.6) is 5.75 Å². The summed E-state index contributed by atoms with van der Waals surface area (Å²) in [7, 11) is -4.27. The summed E-state index contributed by atoms with van der Waals surface area (Å²) < 4.78 is 32.4. The minimum Gasteiger partial charge on any atom is -0.846 e. The molecule has 0 aromatic heterocycles. The molecule has 4 nitrogen and oxygen atoms in total. The van der Waals surface area contributed by atoms with Crippen LogP contribution in [-0.2, 0) is 15.7 Å². The zero-order valence-electron chi connectivity index (χ0n) is 24.3.